The zero-order valence-corrected chi connectivity index (χ0v) is 33.1. The van der Waals surface area contributed by atoms with Gasteiger partial charge in [0.1, 0.15) is 56.2 Å². The number of aliphatic hydroxyl groups is 8. The van der Waals surface area contributed by atoms with Gasteiger partial charge in [0, 0.05) is 32.3 Å². The number of ether oxygens (including phenoxy) is 5. The monoisotopic (exact) mass is 894 g/mol. The molecule has 0 saturated carbocycles. The number of carbonyl (C=O) groups excluding carboxylic acids is 4. The summed E-state index contributed by atoms with van der Waals surface area (Å²) in [5.74, 6) is -2.81. The highest BCUT2D eigenvalue weighted by molar-refractivity contribution is 6.61. The minimum Gasteiger partial charge on any atom is -0.481 e. The first-order chi connectivity index (χ1) is 27.5. The van der Waals surface area contributed by atoms with E-state index in [4.69, 9.17) is 58.1 Å². The van der Waals surface area contributed by atoms with Crippen LogP contribution < -0.4 is 5.32 Å². The van der Waals surface area contributed by atoms with Crippen molar-refractivity contribution in [2.45, 2.75) is 97.3 Å². The van der Waals surface area contributed by atoms with Crippen LogP contribution in [0.5, 0.6) is 0 Å². The van der Waals surface area contributed by atoms with Crippen LogP contribution in [0.2, 0.25) is 0 Å². The van der Waals surface area contributed by atoms with Crippen LogP contribution in [0.3, 0.4) is 0 Å². The minimum atomic E-state index is -1.59. The van der Waals surface area contributed by atoms with E-state index in [-0.39, 0.29) is 20.0 Å². The molecule has 60 heavy (non-hydrogen) atoms. The molecule has 2 rings (SSSR count). The molecule has 0 spiro atoms. The first-order valence-electron chi connectivity index (χ1n) is 16.9. The molecule has 346 valence electrons. The Morgan fingerprint density at radius 2 is 1.15 bits per heavy atom. The van der Waals surface area contributed by atoms with Gasteiger partial charge in [-0.1, -0.05) is 57.4 Å². The summed E-state index contributed by atoms with van der Waals surface area (Å²) in [7, 11) is 0. The Morgan fingerprint density at radius 1 is 0.717 bits per heavy atom. The van der Waals surface area contributed by atoms with Crippen molar-refractivity contribution in [3.8, 4) is 0 Å². The van der Waals surface area contributed by atoms with Crippen LogP contribution in [0.15, 0.2) is 15.3 Å². The third-order valence-electron chi connectivity index (χ3n) is 6.51. The highest BCUT2D eigenvalue weighted by Crippen LogP contribution is 2.24. The number of nitrogens with one attached hydrogen (secondary N) is 1. The molecule has 30 heteroatoms. The fourth-order valence-corrected chi connectivity index (χ4v) is 3.68. The van der Waals surface area contributed by atoms with Crippen molar-refractivity contribution in [1.82, 2.24) is 5.32 Å². The Kier molecular flexibility index (Phi) is 37.2. The van der Waals surface area contributed by atoms with Crippen LogP contribution in [-0.2, 0) is 38.1 Å². The van der Waals surface area contributed by atoms with Crippen molar-refractivity contribution < 1.29 is 93.6 Å². The van der Waals surface area contributed by atoms with Crippen molar-refractivity contribution in [1.29, 1.82) is 0 Å². The molecule has 2 aliphatic heterocycles. The first-order valence-corrected chi connectivity index (χ1v) is 17.3. The molecule has 7 unspecified atom stereocenters. The summed E-state index contributed by atoms with van der Waals surface area (Å²) < 4.78 is 22.7. The van der Waals surface area contributed by atoms with Gasteiger partial charge in [-0.3, -0.25) is 14.4 Å². The van der Waals surface area contributed by atoms with Crippen molar-refractivity contribution in [2.75, 3.05) is 46.1 Å². The number of hydrogen-bond acceptors (Lipinski definition) is 21. The molecule has 1 amide bonds. The molecule has 0 radical (unpaired) electrons. The van der Waals surface area contributed by atoms with Crippen LogP contribution >= 0.6 is 11.6 Å². The Morgan fingerprint density at radius 3 is 1.55 bits per heavy atom. The molecule has 0 aromatic rings. The quantitative estimate of drug-likeness (QED) is 0.0289. The SMILES string of the molecule is C.CC(C)COC(=O)Cl.CC(C)COC(=O)OC(=O)CN=[N+]=[N-].C[C@H]1C(O)OC(CO)[C@@H](O)C1O.[N-]=[N+]=NCC(=O)NC1C(O)OC(CO)[C@@H](O)C1O.[N-]=[N+]=NCC(=O)O. The van der Waals surface area contributed by atoms with Crippen molar-refractivity contribution >= 4 is 41.0 Å². The topological polar surface area (TPSA) is 472 Å². The molecular weight excluding hydrogens is 840 g/mol. The zero-order valence-electron chi connectivity index (χ0n) is 32.4. The van der Waals surface area contributed by atoms with E-state index in [0.29, 0.717) is 12.5 Å². The van der Waals surface area contributed by atoms with E-state index in [0.717, 1.165) is 0 Å². The Bertz CT molecular complexity index is 1410. The molecule has 10 N–H and O–H groups in total. The fraction of sp³-hybridized carbons (Fsp3) is 0.833. The maximum absolute atomic E-state index is 11.2. The maximum Gasteiger partial charge on any atom is 0.516 e. The molecule has 0 aromatic carbocycles. The molecule has 2 heterocycles. The van der Waals surface area contributed by atoms with Gasteiger partial charge in [0.2, 0.25) is 5.91 Å². The zero-order chi connectivity index (χ0) is 46.2. The molecule has 2 fully saturated rings. The highest BCUT2D eigenvalue weighted by atomic mass is 35.5. The molecule has 0 bridgehead atoms. The first kappa shape index (κ1) is 61.8. The summed E-state index contributed by atoms with van der Waals surface area (Å²) in [6.45, 7) is 7.21. The van der Waals surface area contributed by atoms with Crippen molar-refractivity contribution in [3.05, 3.63) is 31.3 Å². The number of aliphatic carboxylic acids is 1. The fourth-order valence-electron chi connectivity index (χ4n) is 3.62. The molecule has 0 aliphatic carbocycles. The summed E-state index contributed by atoms with van der Waals surface area (Å²) in [6, 6.07) is -1.27. The van der Waals surface area contributed by atoms with Gasteiger partial charge in [-0.2, -0.15) is 0 Å². The normalized spacial score (nSPS) is 24.7. The summed E-state index contributed by atoms with van der Waals surface area (Å²) in [5, 5.41) is 92.6. The van der Waals surface area contributed by atoms with Crippen LogP contribution in [-0.4, -0.2) is 177 Å². The van der Waals surface area contributed by atoms with E-state index < -0.39 is 123 Å². The Hall–Kier alpha value is -4.83. The van der Waals surface area contributed by atoms with E-state index in [2.05, 4.69) is 49.6 Å². The van der Waals surface area contributed by atoms with Gasteiger partial charge >= 0.3 is 23.5 Å². The van der Waals surface area contributed by atoms with Gasteiger partial charge in [0.05, 0.1) is 32.5 Å². The van der Waals surface area contributed by atoms with E-state index >= 15 is 0 Å². The average molecular weight is 895 g/mol. The van der Waals surface area contributed by atoms with Crippen molar-refractivity contribution in [3.63, 3.8) is 0 Å². The maximum atomic E-state index is 11.2. The second-order valence-corrected chi connectivity index (χ2v) is 12.7. The third kappa shape index (κ3) is 30.2. The lowest BCUT2D eigenvalue weighted by Gasteiger charge is -2.40. The standard InChI is InChI=1S/C8H14N4O6.C7H11N3O4.C7H14O5.C5H9ClO2.C2H3N3O2.CH4/c9-12-10-1-4(14)11-5-7(16)6(15)3(2-13)18-8(5)17;1-5(2)4-13-7(12)14-6(11)3-9-10-8;1-3-5(9)6(10)4(2-8)12-7(3)11;1-4(2)3-8-5(6)7;3-5-4-1-2(6)7;/h3,5-8,13,15-17H,1-2H2,(H,11,14);5H,3-4H2,1-2H3;3-11H,2H2,1H3;4H,3H2,1-2H3;1H2,(H,6,7);1H4/t3?,5?,6-,7?,8?;;3-,4?,5?,6-,7?;;;/m1.1.../s1. The highest BCUT2D eigenvalue weighted by Gasteiger charge is 2.44. The second kappa shape index (κ2) is 36.1. The van der Waals surface area contributed by atoms with Crippen molar-refractivity contribution in [2.24, 2.45) is 33.1 Å². The Labute approximate surface area is 347 Å². The summed E-state index contributed by atoms with van der Waals surface area (Å²) in [6.07, 6.45) is -11.0. The van der Waals surface area contributed by atoms with E-state index in [9.17, 15) is 49.5 Å². The number of esters is 1. The predicted molar refractivity (Wildman–Crippen MR) is 202 cm³/mol. The largest absolute Gasteiger partial charge is 0.516 e. The number of aliphatic hydroxyl groups excluding tert-OH is 8. The Balaban J connectivity index is -0.000000339. The molecule has 10 atom stereocenters. The van der Waals surface area contributed by atoms with Crippen LogP contribution in [0, 0.1) is 17.8 Å². The minimum absolute atomic E-state index is 0. The van der Waals surface area contributed by atoms with Gasteiger partial charge in [-0.05, 0) is 28.4 Å². The summed E-state index contributed by atoms with van der Waals surface area (Å²) in [5.41, 5.74) is 22.7. The van der Waals surface area contributed by atoms with Crippen LogP contribution in [0.25, 0.3) is 31.3 Å². The smallest absolute Gasteiger partial charge is 0.481 e. The van der Waals surface area contributed by atoms with Gasteiger partial charge in [-0.25, -0.2) is 9.59 Å². The van der Waals surface area contributed by atoms with E-state index in [1.54, 1.807) is 6.92 Å². The lowest BCUT2D eigenvalue weighted by atomic mass is 9.93. The number of carboxylic acids is 1. The molecule has 0 aromatic heterocycles. The number of carbonyl (C=O) groups is 5. The lowest BCUT2D eigenvalue weighted by Crippen LogP contribution is -2.64. The van der Waals surface area contributed by atoms with E-state index in [1.807, 2.05) is 27.7 Å². The summed E-state index contributed by atoms with van der Waals surface area (Å²) in [4.78, 5) is 58.9. The van der Waals surface area contributed by atoms with Gasteiger partial charge in [-0.15, -0.1) is 0 Å². The molecule has 29 nitrogen and oxygen atoms in total. The number of amides is 1. The third-order valence-corrected chi connectivity index (χ3v) is 6.62. The number of azide groups is 3. The van der Waals surface area contributed by atoms with E-state index in [1.165, 1.54) is 0 Å². The predicted octanol–water partition coefficient (Wildman–Crippen LogP) is -0.0657. The summed E-state index contributed by atoms with van der Waals surface area (Å²) >= 11 is 4.86. The van der Waals surface area contributed by atoms with Gasteiger partial charge in [0.25, 0.3) is 0 Å². The average Bonchev–Trinajstić information content (AvgIpc) is 3.18. The number of halogens is 1. The number of carboxylic acid groups (broad SMARTS) is 1. The van der Waals surface area contributed by atoms with Gasteiger partial charge in [0.15, 0.2) is 12.6 Å². The number of rotatable bonds is 13. The van der Waals surface area contributed by atoms with Gasteiger partial charge < -0.3 is 75.0 Å². The van der Waals surface area contributed by atoms with Crippen LogP contribution in [0.1, 0.15) is 42.0 Å². The number of hydrogen-bond donors (Lipinski definition) is 10. The lowest BCUT2D eigenvalue weighted by molar-refractivity contribution is -0.266. The molecular formula is C30H55ClN10O19. The molecule has 2 aliphatic rings. The molecule has 2 saturated heterocycles. The number of nitrogens with zero attached hydrogens (tertiary/aromatic N) is 9. The second-order valence-electron chi connectivity index (χ2n) is 12.3. The van der Waals surface area contributed by atoms with Crippen LogP contribution in [0.4, 0.5) is 9.59 Å².